The molecular formula is C8H12S. The van der Waals surface area contributed by atoms with Crippen molar-refractivity contribution >= 4 is 11.3 Å². The minimum atomic E-state index is 0.691. The molecule has 1 heteroatoms. The van der Waals surface area contributed by atoms with Gasteiger partial charge in [-0.2, -0.15) is 0 Å². The quantitative estimate of drug-likeness (QED) is 0.562. The number of hydrogen-bond acceptors (Lipinski definition) is 1. The Morgan fingerprint density at radius 2 is 2.11 bits per heavy atom. The normalized spacial score (nSPS) is 10.7. The van der Waals surface area contributed by atoms with Gasteiger partial charge in [0.05, 0.1) is 0 Å². The van der Waals surface area contributed by atoms with Gasteiger partial charge in [-0.1, -0.05) is 13.8 Å². The van der Waals surface area contributed by atoms with Gasteiger partial charge in [-0.15, -0.1) is 11.3 Å². The van der Waals surface area contributed by atoms with E-state index in [-0.39, 0.29) is 0 Å². The summed E-state index contributed by atoms with van der Waals surface area (Å²) in [5.74, 6) is 0.691. The largest absolute Gasteiger partial charge is 0.149 e. The highest BCUT2D eigenvalue weighted by molar-refractivity contribution is 7.10. The van der Waals surface area contributed by atoms with E-state index in [2.05, 4.69) is 32.2 Å². The molecule has 1 rings (SSSR count). The zero-order valence-corrected chi connectivity index (χ0v) is 6.96. The van der Waals surface area contributed by atoms with Crippen molar-refractivity contribution in [1.29, 1.82) is 0 Å². The van der Waals surface area contributed by atoms with Crippen molar-refractivity contribution in [2.45, 2.75) is 26.7 Å². The van der Waals surface area contributed by atoms with E-state index in [1.165, 1.54) is 10.4 Å². The van der Waals surface area contributed by atoms with Gasteiger partial charge in [-0.05, 0) is 29.9 Å². The van der Waals surface area contributed by atoms with E-state index >= 15 is 0 Å². The summed E-state index contributed by atoms with van der Waals surface area (Å²) in [7, 11) is 0. The first-order chi connectivity index (χ1) is 4.22. The third kappa shape index (κ3) is 1.33. The standard InChI is InChI=1S/C8H12S/c1-6(2)8-4-5-9-7(8)3/h4-6H,1-3H3. The summed E-state index contributed by atoms with van der Waals surface area (Å²) >= 11 is 1.83. The van der Waals surface area contributed by atoms with Crippen LogP contribution in [0.1, 0.15) is 30.2 Å². The molecule has 1 aromatic rings. The van der Waals surface area contributed by atoms with Crippen LogP contribution in [0.5, 0.6) is 0 Å². The highest BCUT2D eigenvalue weighted by Gasteiger charge is 2.01. The highest BCUT2D eigenvalue weighted by atomic mass is 32.1. The molecule has 0 saturated heterocycles. The fraction of sp³-hybridized carbons (Fsp3) is 0.500. The lowest BCUT2D eigenvalue weighted by atomic mass is 10.1. The van der Waals surface area contributed by atoms with E-state index in [9.17, 15) is 0 Å². The van der Waals surface area contributed by atoms with Crippen LogP contribution < -0.4 is 0 Å². The Kier molecular flexibility index (Phi) is 1.91. The summed E-state index contributed by atoms with van der Waals surface area (Å²) in [5.41, 5.74) is 1.50. The second-order valence-electron chi connectivity index (χ2n) is 2.59. The predicted octanol–water partition coefficient (Wildman–Crippen LogP) is 3.18. The molecule has 0 aromatic carbocycles. The van der Waals surface area contributed by atoms with Crippen LogP contribution in [0.25, 0.3) is 0 Å². The molecule has 0 N–H and O–H groups in total. The van der Waals surface area contributed by atoms with Crippen LogP contribution in [0.2, 0.25) is 0 Å². The summed E-state index contributed by atoms with van der Waals surface area (Å²) in [6, 6.07) is 2.21. The molecule has 0 nitrogen and oxygen atoms in total. The molecule has 0 amide bonds. The first-order valence-electron chi connectivity index (χ1n) is 3.26. The van der Waals surface area contributed by atoms with E-state index in [0.29, 0.717) is 5.92 Å². The smallest absolute Gasteiger partial charge is 0.00488 e. The molecule has 0 fully saturated rings. The molecule has 9 heavy (non-hydrogen) atoms. The van der Waals surface area contributed by atoms with Crippen molar-refractivity contribution in [3.8, 4) is 0 Å². The van der Waals surface area contributed by atoms with Crippen molar-refractivity contribution in [2.24, 2.45) is 0 Å². The van der Waals surface area contributed by atoms with Crippen LogP contribution in [-0.4, -0.2) is 0 Å². The van der Waals surface area contributed by atoms with Gasteiger partial charge in [-0.25, -0.2) is 0 Å². The van der Waals surface area contributed by atoms with Gasteiger partial charge in [0, 0.05) is 4.88 Å². The fourth-order valence-electron chi connectivity index (χ4n) is 0.994. The number of aryl methyl sites for hydroxylation is 1. The van der Waals surface area contributed by atoms with E-state index in [4.69, 9.17) is 0 Å². The van der Waals surface area contributed by atoms with Gasteiger partial charge in [0.25, 0.3) is 0 Å². The van der Waals surface area contributed by atoms with E-state index in [1.54, 1.807) is 0 Å². The molecule has 0 atom stereocenters. The summed E-state index contributed by atoms with van der Waals surface area (Å²) in [4.78, 5) is 1.46. The molecule has 0 spiro atoms. The number of hydrogen-bond donors (Lipinski definition) is 0. The summed E-state index contributed by atoms with van der Waals surface area (Å²) in [6.07, 6.45) is 0. The Morgan fingerprint density at radius 1 is 1.44 bits per heavy atom. The predicted molar refractivity (Wildman–Crippen MR) is 43.1 cm³/mol. The molecule has 1 heterocycles. The Hall–Kier alpha value is -0.300. The second kappa shape index (κ2) is 2.53. The molecule has 0 unspecified atom stereocenters. The van der Waals surface area contributed by atoms with Crippen LogP contribution in [0.15, 0.2) is 11.4 Å². The van der Waals surface area contributed by atoms with Crippen LogP contribution >= 0.6 is 11.3 Å². The van der Waals surface area contributed by atoms with Crippen molar-refractivity contribution < 1.29 is 0 Å². The lowest BCUT2D eigenvalue weighted by Crippen LogP contribution is -1.84. The summed E-state index contributed by atoms with van der Waals surface area (Å²) < 4.78 is 0. The van der Waals surface area contributed by atoms with Gasteiger partial charge < -0.3 is 0 Å². The molecule has 1 aromatic heterocycles. The third-order valence-electron chi connectivity index (χ3n) is 1.52. The zero-order valence-electron chi connectivity index (χ0n) is 6.14. The van der Waals surface area contributed by atoms with E-state index in [0.717, 1.165) is 0 Å². The minimum absolute atomic E-state index is 0.691. The third-order valence-corrected chi connectivity index (χ3v) is 2.38. The van der Waals surface area contributed by atoms with E-state index in [1.807, 2.05) is 11.3 Å². The monoisotopic (exact) mass is 140 g/mol. The first kappa shape index (κ1) is 6.81. The number of thiophene rings is 1. The fourth-order valence-corrected chi connectivity index (χ4v) is 1.85. The molecule has 0 aliphatic heterocycles. The topological polar surface area (TPSA) is 0 Å². The average Bonchev–Trinajstić information content (AvgIpc) is 2.13. The van der Waals surface area contributed by atoms with Crippen molar-refractivity contribution in [2.75, 3.05) is 0 Å². The van der Waals surface area contributed by atoms with Crippen molar-refractivity contribution in [3.05, 3.63) is 21.9 Å². The van der Waals surface area contributed by atoms with Crippen LogP contribution in [0, 0.1) is 6.92 Å². The van der Waals surface area contributed by atoms with Crippen LogP contribution in [-0.2, 0) is 0 Å². The van der Waals surface area contributed by atoms with E-state index < -0.39 is 0 Å². The SMILES string of the molecule is Cc1sccc1C(C)C. The molecule has 50 valence electrons. The molecule has 0 aliphatic rings. The maximum absolute atomic E-state index is 2.23. The van der Waals surface area contributed by atoms with Crippen LogP contribution in [0.4, 0.5) is 0 Å². The Morgan fingerprint density at radius 3 is 2.33 bits per heavy atom. The van der Waals surface area contributed by atoms with Crippen molar-refractivity contribution in [3.63, 3.8) is 0 Å². The minimum Gasteiger partial charge on any atom is -0.149 e. The Labute approximate surface area is 60.5 Å². The lowest BCUT2D eigenvalue weighted by molar-refractivity contribution is 0.864. The van der Waals surface area contributed by atoms with Gasteiger partial charge in [0.2, 0.25) is 0 Å². The van der Waals surface area contributed by atoms with Crippen LogP contribution in [0.3, 0.4) is 0 Å². The zero-order chi connectivity index (χ0) is 6.85. The van der Waals surface area contributed by atoms with Gasteiger partial charge in [0.1, 0.15) is 0 Å². The van der Waals surface area contributed by atoms with Gasteiger partial charge in [-0.3, -0.25) is 0 Å². The van der Waals surface area contributed by atoms with Crippen molar-refractivity contribution in [1.82, 2.24) is 0 Å². The molecule has 0 aliphatic carbocycles. The molecule has 0 bridgehead atoms. The molecule has 0 saturated carbocycles. The van der Waals surface area contributed by atoms with Gasteiger partial charge >= 0.3 is 0 Å². The second-order valence-corrected chi connectivity index (χ2v) is 3.71. The maximum atomic E-state index is 2.23. The first-order valence-corrected chi connectivity index (χ1v) is 4.13. The Bertz CT molecular complexity index is 186. The molecular weight excluding hydrogens is 128 g/mol. The highest BCUT2D eigenvalue weighted by Crippen LogP contribution is 2.22. The summed E-state index contributed by atoms with van der Waals surface area (Å²) in [6.45, 7) is 6.64. The average molecular weight is 140 g/mol. The maximum Gasteiger partial charge on any atom is 0.00488 e. The number of rotatable bonds is 1. The Balaban J connectivity index is 2.94. The summed E-state index contributed by atoms with van der Waals surface area (Å²) in [5, 5.41) is 2.16. The van der Waals surface area contributed by atoms with Gasteiger partial charge in [0.15, 0.2) is 0 Å². The lowest BCUT2D eigenvalue weighted by Gasteiger charge is -2.00. The molecule has 0 radical (unpaired) electrons.